The van der Waals surface area contributed by atoms with Gasteiger partial charge in [-0.05, 0) is 32.0 Å². The highest BCUT2D eigenvalue weighted by Crippen LogP contribution is 2.29. The maximum Gasteiger partial charge on any atom is 0.128 e. The molecule has 3 rings (SSSR count). The molecule has 0 spiro atoms. The first-order valence-corrected chi connectivity index (χ1v) is 5.68. The van der Waals surface area contributed by atoms with Crippen LogP contribution >= 0.6 is 0 Å². The number of benzene rings is 1. The summed E-state index contributed by atoms with van der Waals surface area (Å²) in [5.74, 6) is -0.112. The van der Waals surface area contributed by atoms with Crippen LogP contribution in [-0.4, -0.2) is 11.1 Å². The molecule has 0 saturated carbocycles. The first kappa shape index (κ1) is 9.85. The molecule has 1 atom stereocenters. The Hall–Kier alpha value is -1.35. The second-order valence-electron chi connectivity index (χ2n) is 4.60. The average molecular weight is 218 g/mol. The van der Waals surface area contributed by atoms with E-state index in [0.717, 1.165) is 29.6 Å². The molecular weight excluding hydrogens is 203 g/mol. The summed E-state index contributed by atoms with van der Waals surface area (Å²) in [5.41, 5.74) is 3.07. The van der Waals surface area contributed by atoms with Gasteiger partial charge in [0.25, 0.3) is 0 Å². The summed E-state index contributed by atoms with van der Waals surface area (Å²) in [6.45, 7) is 5.85. The van der Waals surface area contributed by atoms with Crippen molar-refractivity contribution in [2.45, 2.75) is 26.4 Å². The summed E-state index contributed by atoms with van der Waals surface area (Å²) in [7, 11) is 0. The van der Waals surface area contributed by atoms with Crippen molar-refractivity contribution in [3.8, 4) is 0 Å². The highest BCUT2D eigenvalue weighted by Gasteiger charge is 2.20. The van der Waals surface area contributed by atoms with Gasteiger partial charge in [-0.25, -0.2) is 4.39 Å². The second kappa shape index (κ2) is 3.32. The van der Waals surface area contributed by atoms with E-state index in [1.54, 1.807) is 6.07 Å². The Bertz CT molecular complexity index is 557. The van der Waals surface area contributed by atoms with Gasteiger partial charge in [0.15, 0.2) is 0 Å². The summed E-state index contributed by atoms with van der Waals surface area (Å²) >= 11 is 0. The molecule has 1 aliphatic rings. The predicted molar refractivity (Wildman–Crippen MR) is 63.1 cm³/mol. The molecule has 16 heavy (non-hydrogen) atoms. The van der Waals surface area contributed by atoms with Crippen molar-refractivity contribution in [1.29, 1.82) is 0 Å². The van der Waals surface area contributed by atoms with Crippen LogP contribution in [0.25, 0.3) is 10.9 Å². The minimum absolute atomic E-state index is 0.112. The molecule has 1 unspecified atom stereocenters. The first-order valence-electron chi connectivity index (χ1n) is 5.68. The number of fused-ring (bicyclic) bond motifs is 3. The fraction of sp³-hybridized carbons (Fsp3) is 0.385. The van der Waals surface area contributed by atoms with Crippen LogP contribution in [0.15, 0.2) is 18.2 Å². The predicted octanol–water partition coefficient (Wildman–Crippen LogP) is 2.75. The van der Waals surface area contributed by atoms with Crippen molar-refractivity contribution in [2.24, 2.45) is 0 Å². The Balaban J connectivity index is 2.40. The Morgan fingerprint density at radius 1 is 1.44 bits per heavy atom. The number of rotatable bonds is 0. The lowest BCUT2D eigenvalue weighted by Gasteiger charge is -2.25. The lowest BCUT2D eigenvalue weighted by Crippen LogP contribution is -2.31. The molecule has 2 aromatic rings. The second-order valence-corrected chi connectivity index (χ2v) is 4.60. The molecule has 0 radical (unpaired) electrons. The van der Waals surface area contributed by atoms with E-state index in [1.165, 1.54) is 5.69 Å². The molecule has 0 amide bonds. The van der Waals surface area contributed by atoms with Gasteiger partial charge in [-0.2, -0.15) is 0 Å². The van der Waals surface area contributed by atoms with Crippen molar-refractivity contribution in [3.05, 3.63) is 35.3 Å². The zero-order valence-corrected chi connectivity index (χ0v) is 9.55. The Kier molecular flexibility index (Phi) is 2.04. The zero-order chi connectivity index (χ0) is 11.3. The van der Waals surface area contributed by atoms with Crippen LogP contribution in [0.2, 0.25) is 0 Å². The molecule has 1 aromatic carbocycles. The fourth-order valence-corrected chi connectivity index (χ4v) is 2.67. The normalized spacial score (nSPS) is 20.1. The van der Waals surface area contributed by atoms with Crippen LogP contribution in [0.3, 0.4) is 0 Å². The summed E-state index contributed by atoms with van der Waals surface area (Å²) in [6, 6.07) is 5.98. The number of hydrogen-bond acceptors (Lipinski definition) is 1. The van der Waals surface area contributed by atoms with E-state index in [2.05, 4.69) is 22.9 Å². The van der Waals surface area contributed by atoms with Crippen LogP contribution in [0, 0.1) is 12.7 Å². The quantitative estimate of drug-likeness (QED) is 0.719. The van der Waals surface area contributed by atoms with Gasteiger partial charge in [0.2, 0.25) is 0 Å². The van der Waals surface area contributed by atoms with Crippen molar-refractivity contribution in [3.63, 3.8) is 0 Å². The van der Waals surface area contributed by atoms with E-state index in [1.807, 2.05) is 13.0 Å². The number of nitrogens with one attached hydrogen (secondary N) is 1. The lowest BCUT2D eigenvalue weighted by molar-refractivity contribution is 0.438. The molecule has 0 aliphatic carbocycles. The smallest absolute Gasteiger partial charge is 0.128 e. The highest BCUT2D eigenvalue weighted by molar-refractivity contribution is 5.84. The third-order valence-electron chi connectivity index (χ3n) is 3.46. The summed E-state index contributed by atoms with van der Waals surface area (Å²) in [4.78, 5) is 0. The van der Waals surface area contributed by atoms with Gasteiger partial charge in [-0.1, -0.05) is 0 Å². The van der Waals surface area contributed by atoms with Gasteiger partial charge in [-0.15, -0.1) is 0 Å². The summed E-state index contributed by atoms with van der Waals surface area (Å²) < 4.78 is 15.9. The van der Waals surface area contributed by atoms with Crippen molar-refractivity contribution in [1.82, 2.24) is 9.88 Å². The lowest BCUT2D eigenvalue weighted by atomic mass is 10.1. The van der Waals surface area contributed by atoms with Gasteiger partial charge in [0.05, 0.1) is 5.52 Å². The largest absolute Gasteiger partial charge is 0.339 e. The highest BCUT2D eigenvalue weighted by atomic mass is 19.1. The van der Waals surface area contributed by atoms with Crippen LogP contribution in [0.1, 0.15) is 24.2 Å². The number of aryl methyl sites for hydroxylation is 1. The molecule has 2 nitrogen and oxygen atoms in total. The third kappa shape index (κ3) is 1.21. The minimum Gasteiger partial charge on any atom is -0.339 e. The maximum atomic E-state index is 13.6. The third-order valence-corrected chi connectivity index (χ3v) is 3.46. The molecule has 0 bridgehead atoms. The number of hydrogen-bond donors (Lipinski definition) is 1. The summed E-state index contributed by atoms with van der Waals surface area (Å²) in [5, 5.41) is 4.51. The van der Waals surface area contributed by atoms with Gasteiger partial charge >= 0.3 is 0 Å². The Labute approximate surface area is 94.1 Å². The van der Waals surface area contributed by atoms with Gasteiger partial charge in [-0.3, -0.25) is 0 Å². The SMILES string of the molecule is Cc1c(F)ccc2cc3n(c12)C(C)CNC3. The van der Waals surface area contributed by atoms with E-state index in [0.29, 0.717) is 6.04 Å². The maximum absolute atomic E-state index is 13.6. The van der Waals surface area contributed by atoms with E-state index >= 15 is 0 Å². The topological polar surface area (TPSA) is 17.0 Å². The van der Waals surface area contributed by atoms with Crippen molar-refractivity contribution in [2.75, 3.05) is 6.54 Å². The van der Waals surface area contributed by atoms with Crippen LogP contribution in [0.4, 0.5) is 4.39 Å². The summed E-state index contributed by atoms with van der Waals surface area (Å²) in [6.07, 6.45) is 0. The standard InChI is InChI=1S/C13H15FN2/c1-8-6-15-7-11-5-10-3-4-12(14)9(2)13(10)16(8)11/h3-5,8,15H,6-7H2,1-2H3. The van der Waals surface area contributed by atoms with Crippen LogP contribution in [0.5, 0.6) is 0 Å². The molecule has 0 saturated heterocycles. The van der Waals surface area contributed by atoms with E-state index < -0.39 is 0 Å². The van der Waals surface area contributed by atoms with E-state index in [-0.39, 0.29) is 5.82 Å². The number of aromatic nitrogens is 1. The molecule has 84 valence electrons. The Morgan fingerprint density at radius 2 is 2.25 bits per heavy atom. The van der Waals surface area contributed by atoms with E-state index in [4.69, 9.17) is 0 Å². The molecule has 3 heteroatoms. The minimum atomic E-state index is -0.112. The van der Waals surface area contributed by atoms with Crippen LogP contribution < -0.4 is 5.32 Å². The van der Waals surface area contributed by atoms with Gasteiger partial charge < -0.3 is 9.88 Å². The molecular formula is C13H15FN2. The molecule has 1 aliphatic heterocycles. The number of halogens is 1. The Morgan fingerprint density at radius 3 is 3.06 bits per heavy atom. The van der Waals surface area contributed by atoms with E-state index in [9.17, 15) is 4.39 Å². The molecule has 1 aromatic heterocycles. The molecule has 0 fully saturated rings. The van der Waals surface area contributed by atoms with Gasteiger partial charge in [0.1, 0.15) is 5.82 Å². The fourth-order valence-electron chi connectivity index (χ4n) is 2.67. The molecule has 2 heterocycles. The average Bonchev–Trinajstić information content (AvgIpc) is 2.64. The number of nitrogens with zero attached hydrogens (tertiary/aromatic N) is 1. The van der Waals surface area contributed by atoms with Crippen molar-refractivity contribution < 1.29 is 4.39 Å². The first-order chi connectivity index (χ1) is 7.68. The van der Waals surface area contributed by atoms with Gasteiger partial charge in [0, 0.05) is 35.8 Å². The van der Waals surface area contributed by atoms with Crippen LogP contribution in [-0.2, 0) is 6.54 Å². The van der Waals surface area contributed by atoms with Crippen molar-refractivity contribution >= 4 is 10.9 Å². The monoisotopic (exact) mass is 218 g/mol. The zero-order valence-electron chi connectivity index (χ0n) is 9.55. The molecule has 1 N–H and O–H groups in total.